The van der Waals surface area contributed by atoms with Gasteiger partial charge in [-0.05, 0) is 62.3 Å². The van der Waals surface area contributed by atoms with Gasteiger partial charge in [0.1, 0.15) is 11.5 Å². The fourth-order valence-electron chi connectivity index (χ4n) is 6.39. The van der Waals surface area contributed by atoms with Crippen LogP contribution in [0.5, 0.6) is 5.75 Å². The quantitative estimate of drug-likeness (QED) is 0.170. The third kappa shape index (κ3) is 9.58. The molecule has 6 nitrogen and oxygen atoms in total. The molecule has 4 rings (SSSR count). The molecule has 2 aromatic carbocycles. The van der Waals surface area contributed by atoms with Gasteiger partial charge in [0, 0.05) is 41.3 Å². The summed E-state index contributed by atoms with van der Waals surface area (Å²) in [5.74, 6) is 1.72. The Morgan fingerprint density at radius 2 is 1.74 bits per heavy atom. The molecule has 2 fully saturated rings. The Balaban J connectivity index is 0.00000237. The van der Waals surface area contributed by atoms with Crippen molar-refractivity contribution in [3.63, 3.8) is 0 Å². The summed E-state index contributed by atoms with van der Waals surface area (Å²) in [6, 6.07) is 14.2. The van der Waals surface area contributed by atoms with Crippen molar-refractivity contribution in [3.8, 4) is 5.75 Å². The van der Waals surface area contributed by atoms with Crippen molar-refractivity contribution in [1.82, 2.24) is 10.2 Å². The van der Waals surface area contributed by atoms with Gasteiger partial charge in [0.15, 0.2) is 0 Å². The lowest BCUT2D eigenvalue weighted by atomic mass is 9.72. The van der Waals surface area contributed by atoms with Gasteiger partial charge in [0.25, 0.3) is 5.91 Å². The second-order valence-electron chi connectivity index (χ2n) is 11.7. The maximum Gasteiger partial charge on any atom is 0.252 e. The van der Waals surface area contributed by atoms with E-state index in [1.807, 2.05) is 44.2 Å². The highest BCUT2D eigenvalue weighted by atomic mass is 32.2. The second-order valence-corrected chi connectivity index (χ2v) is 12.7. The number of nitrogens with one attached hydrogen (secondary N) is 1. The number of unbranched alkanes of at least 4 members (excludes halogenated alkanes) is 2. The molecule has 5 atom stereocenters. The molecule has 1 saturated heterocycles. The molecule has 232 valence electrons. The number of rotatable bonds is 13. The van der Waals surface area contributed by atoms with Crippen LogP contribution in [0.15, 0.2) is 53.4 Å². The highest BCUT2D eigenvalue weighted by molar-refractivity contribution is 7.99. The van der Waals surface area contributed by atoms with Crippen molar-refractivity contribution in [2.75, 3.05) is 18.8 Å². The van der Waals surface area contributed by atoms with Crippen LogP contribution in [0.4, 0.5) is 0 Å². The molecule has 0 bridgehead atoms. The Morgan fingerprint density at radius 3 is 2.45 bits per heavy atom. The van der Waals surface area contributed by atoms with Gasteiger partial charge in [-0.2, -0.15) is 0 Å². The van der Waals surface area contributed by atoms with Crippen LogP contribution in [0.2, 0.25) is 0 Å². The van der Waals surface area contributed by atoms with Gasteiger partial charge >= 0.3 is 0 Å². The zero-order chi connectivity index (χ0) is 30.5. The number of likely N-dealkylation sites (tertiary alicyclic amines) is 1. The summed E-state index contributed by atoms with van der Waals surface area (Å²) >= 11 is 1.59. The average Bonchev–Trinajstić information content (AvgIpc) is 3.01. The second kappa shape index (κ2) is 17.7. The lowest BCUT2D eigenvalue weighted by molar-refractivity contribution is -0.129. The molecule has 1 heterocycles. The van der Waals surface area contributed by atoms with E-state index in [4.69, 9.17) is 0 Å². The molecule has 1 saturated carbocycles. The molecule has 0 unspecified atom stereocenters. The molecule has 0 radical (unpaired) electrons. The zero-order valence-corrected chi connectivity index (χ0v) is 26.9. The number of carbonyl (C=O) groups excluding carboxylic acids is 2. The van der Waals surface area contributed by atoms with E-state index in [1.165, 1.54) is 25.7 Å². The van der Waals surface area contributed by atoms with E-state index in [-0.39, 0.29) is 17.7 Å². The van der Waals surface area contributed by atoms with Crippen LogP contribution in [0, 0.1) is 18.8 Å². The first-order valence-electron chi connectivity index (χ1n) is 16.1. The van der Waals surface area contributed by atoms with Crippen molar-refractivity contribution in [1.29, 1.82) is 0 Å². The first-order valence-corrected chi connectivity index (χ1v) is 17.1. The molecule has 1 aliphatic carbocycles. The smallest absolute Gasteiger partial charge is 0.252 e. The number of carbonyl (C=O) groups is 2. The minimum absolute atomic E-state index is 0.0724. The molecule has 0 spiro atoms. The van der Waals surface area contributed by atoms with E-state index in [9.17, 15) is 19.8 Å². The predicted molar refractivity (Wildman–Crippen MR) is 173 cm³/mol. The Labute approximate surface area is 257 Å². The summed E-state index contributed by atoms with van der Waals surface area (Å²) in [6.45, 7) is 9.06. The molecule has 1 aliphatic heterocycles. The van der Waals surface area contributed by atoms with Crippen LogP contribution in [-0.4, -0.2) is 63.8 Å². The summed E-state index contributed by atoms with van der Waals surface area (Å²) in [5, 5.41) is 24.9. The number of ketones is 1. The van der Waals surface area contributed by atoms with Crippen molar-refractivity contribution < 1.29 is 19.8 Å². The van der Waals surface area contributed by atoms with Crippen molar-refractivity contribution in [2.24, 2.45) is 11.8 Å². The lowest BCUT2D eigenvalue weighted by Gasteiger charge is -2.46. The van der Waals surface area contributed by atoms with Crippen molar-refractivity contribution in [3.05, 3.63) is 59.7 Å². The summed E-state index contributed by atoms with van der Waals surface area (Å²) in [7, 11) is 0. The fraction of sp³-hybridized carbons (Fsp3) is 0.600. The van der Waals surface area contributed by atoms with Gasteiger partial charge in [-0.3, -0.25) is 14.5 Å². The molecule has 2 aliphatic rings. The summed E-state index contributed by atoms with van der Waals surface area (Å²) in [4.78, 5) is 30.1. The van der Waals surface area contributed by atoms with Crippen LogP contribution >= 0.6 is 11.8 Å². The van der Waals surface area contributed by atoms with Gasteiger partial charge in [-0.25, -0.2) is 0 Å². The van der Waals surface area contributed by atoms with E-state index < -0.39 is 12.1 Å². The number of aliphatic hydroxyl groups is 1. The number of Topliss-reactive ketones (excluding diaryl/α,β-unsaturated/α-hetero) is 1. The number of benzene rings is 2. The largest absolute Gasteiger partial charge is 0.508 e. The number of β-amino-alcohol motifs (C(OH)–C–C–N with tert-alkyl or cyclic N) is 1. The van der Waals surface area contributed by atoms with Crippen LogP contribution in [0.25, 0.3) is 0 Å². The maximum absolute atomic E-state index is 13.4. The normalized spacial score (nSPS) is 21.8. The minimum Gasteiger partial charge on any atom is -0.508 e. The van der Waals surface area contributed by atoms with Crippen LogP contribution in [-0.2, 0) is 4.79 Å². The SMILES string of the molecule is CC.CCCCCC(=O)[C@@H]1C[C@@H]2CCCC[C@@H]2CN1C[C@@H](O)[C@H](CSc1ccccc1)NC(=O)c1cccc(O)c1C. The third-order valence-corrected chi connectivity index (χ3v) is 9.96. The number of thioether (sulfide) groups is 1. The molecule has 42 heavy (non-hydrogen) atoms. The van der Waals surface area contributed by atoms with E-state index >= 15 is 0 Å². The maximum atomic E-state index is 13.4. The van der Waals surface area contributed by atoms with Gasteiger partial charge in [-0.15, -0.1) is 11.8 Å². The number of aromatic hydroxyl groups is 1. The Bertz CT molecular complexity index is 1110. The molecular formula is C35H52N2O4S. The Morgan fingerprint density at radius 1 is 1.02 bits per heavy atom. The van der Waals surface area contributed by atoms with Gasteiger partial charge in [-0.1, -0.05) is 77.1 Å². The predicted octanol–water partition coefficient (Wildman–Crippen LogP) is 7.01. The van der Waals surface area contributed by atoms with Crippen LogP contribution in [0.1, 0.15) is 94.5 Å². The number of fused-ring (bicyclic) bond motifs is 1. The van der Waals surface area contributed by atoms with Crippen molar-refractivity contribution >= 4 is 23.5 Å². The number of hydrogen-bond acceptors (Lipinski definition) is 6. The highest BCUT2D eigenvalue weighted by Crippen LogP contribution is 2.39. The zero-order valence-electron chi connectivity index (χ0n) is 26.1. The van der Waals surface area contributed by atoms with Gasteiger partial charge in [0.2, 0.25) is 0 Å². The summed E-state index contributed by atoms with van der Waals surface area (Å²) in [5.41, 5.74) is 0.912. The number of phenols is 1. The molecular weight excluding hydrogens is 544 g/mol. The fourth-order valence-corrected chi connectivity index (χ4v) is 7.41. The summed E-state index contributed by atoms with van der Waals surface area (Å²) in [6.07, 6.45) is 8.60. The van der Waals surface area contributed by atoms with Crippen LogP contribution < -0.4 is 5.32 Å². The van der Waals surface area contributed by atoms with Gasteiger partial charge < -0.3 is 15.5 Å². The van der Waals surface area contributed by atoms with Crippen LogP contribution in [0.3, 0.4) is 0 Å². The first-order chi connectivity index (χ1) is 20.4. The van der Waals surface area contributed by atoms with E-state index in [1.54, 1.807) is 36.9 Å². The number of phenolic OH excluding ortho intramolecular Hbond substituents is 1. The highest BCUT2D eigenvalue weighted by Gasteiger charge is 2.40. The Hall–Kier alpha value is -2.35. The average molecular weight is 597 g/mol. The summed E-state index contributed by atoms with van der Waals surface area (Å²) < 4.78 is 0. The molecule has 0 aromatic heterocycles. The van der Waals surface area contributed by atoms with Crippen molar-refractivity contribution in [2.45, 2.75) is 109 Å². The molecule has 2 aromatic rings. The molecule has 7 heteroatoms. The van der Waals surface area contributed by atoms with E-state index in [0.29, 0.717) is 47.5 Å². The number of nitrogens with zero attached hydrogens (tertiary/aromatic N) is 1. The van der Waals surface area contributed by atoms with Gasteiger partial charge in [0.05, 0.1) is 18.2 Å². The van der Waals surface area contributed by atoms with E-state index in [0.717, 1.165) is 37.1 Å². The standard InChI is InChI=1S/C33H46N2O4S.C2H6/c1-3-4-6-17-31(37)29-19-24-12-9-10-13-25(24)20-35(29)21-32(38)28(22-40-26-14-7-5-8-15-26)34-33(39)27-16-11-18-30(36)23(27)2;1-2/h5,7-8,11,14-16,18,24-25,28-29,32,36,38H,3-4,6,9-10,12-13,17,19-22H2,1-2H3,(H,34,39);1-2H3/t24-,25+,28-,29-,32+;/m0./s1. The third-order valence-electron chi connectivity index (χ3n) is 8.83. The first kappa shape index (κ1) is 34.1. The molecule has 1 amide bonds. The molecule has 3 N–H and O–H groups in total. The monoisotopic (exact) mass is 596 g/mol. The Kier molecular flexibility index (Phi) is 14.4. The van der Waals surface area contributed by atoms with E-state index in [2.05, 4.69) is 17.1 Å². The lowest BCUT2D eigenvalue weighted by Crippen LogP contribution is -2.57. The number of hydrogen-bond donors (Lipinski definition) is 3. The number of aliphatic hydroxyl groups excluding tert-OH is 1. The number of piperidine rings is 1. The topological polar surface area (TPSA) is 89.9 Å². The minimum atomic E-state index is -0.844. The number of amides is 1.